The van der Waals surface area contributed by atoms with Crippen molar-refractivity contribution < 1.29 is 4.79 Å². The van der Waals surface area contributed by atoms with E-state index in [4.69, 9.17) is 16.6 Å². The van der Waals surface area contributed by atoms with Crippen LogP contribution >= 0.6 is 34.9 Å². The van der Waals surface area contributed by atoms with Crippen molar-refractivity contribution in [2.24, 2.45) is 0 Å². The summed E-state index contributed by atoms with van der Waals surface area (Å²) >= 11 is 9.24. The lowest BCUT2D eigenvalue weighted by molar-refractivity contribution is -0.115. The van der Waals surface area contributed by atoms with Crippen LogP contribution in [0, 0.1) is 13.8 Å². The Hall–Kier alpha value is -2.80. The van der Waals surface area contributed by atoms with Crippen LogP contribution in [0.1, 0.15) is 21.6 Å². The standard InChI is InChI=1S/C27H24ClN3OS2/c1-17-5-3-4-6-24(17)34-31-14-13-20-16-21(9-12-23(20)31)26-18(2)33-27(30-26)29-25(32)15-19-7-10-22(28)11-8-19/h3-12,16H,13-15H2,1-2H3,(H,29,30,32). The van der Waals surface area contributed by atoms with E-state index in [2.05, 4.69) is 65.9 Å². The van der Waals surface area contributed by atoms with E-state index in [9.17, 15) is 4.79 Å². The van der Waals surface area contributed by atoms with Crippen LogP contribution in [0.2, 0.25) is 5.02 Å². The number of thiazole rings is 1. The quantitative estimate of drug-likeness (QED) is 0.278. The van der Waals surface area contributed by atoms with E-state index < -0.39 is 0 Å². The highest BCUT2D eigenvalue weighted by Crippen LogP contribution is 2.40. The van der Waals surface area contributed by atoms with Gasteiger partial charge in [-0.25, -0.2) is 4.98 Å². The van der Waals surface area contributed by atoms with E-state index in [1.165, 1.54) is 33.0 Å². The van der Waals surface area contributed by atoms with Gasteiger partial charge in [-0.05, 0) is 79.2 Å². The van der Waals surface area contributed by atoms with Gasteiger partial charge in [-0.3, -0.25) is 4.79 Å². The number of benzene rings is 3. The van der Waals surface area contributed by atoms with Gasteiger partial charge >= 0.3 is 0 Å². The fourth-order valence-corrected chi connectivity index (χ4v) is 6.09. The molecule has 7 heteroatoms. The summed E-state index contributed by atoms with van der Waals surface area (Å²) in [6.45, 7) is 5.19. The summed E-state index contributed by atoms with van der Waals surface area (Å²) in [5.41, 5.74) is 6.83. The SMILES string of the molecule is Cc1ccccc1SN1CCc2cc(-c3nc(NC(=O)Cc4ccc(Cl)cc4)sc3C)ccc21. The predicted molar refractivity (Wildman–Crippen MR) is 144 cm³/mol. The third-order valence-corrected chi connectivity index (χ3v) is 8.22. The number of nitrogens with one attached hydrogen (secondary N) is 1. The highest BCUT2D eigenvalue weighted by atomic mass is 35.5. The van der Waals surface area contributed by atoms with Crippen LogP contribution < -0.4 is 9.62 Å². The molecule has 0 fully saturated rings. The van der Waals surface area contributed by atoms with Crippen LogP contribution in [0.4, 0.5) is 10.8 Å². The van der Waals surface area contributed by atoms with Gasteiger partial charge in [0.15, 0.2) is 5.13 Å². The Balaban J connectivity index is 1.30. The van der Waals surface area contributed by atoms with Crippen molar-refractivity contribution in [1.29, 1.82) is 0 Å². The van der Waals surface area contributed by atoms with Gasteiger partial charge in [-0.1, -0.05) is 48.0 Å². The van der Waals surface area contributed by atoms with Crippen LogP contribution in [0.3, 0.4) is 0 Å². The van der Waals surface area contributed by atoms with Crippen molar-refractivity contribution in [3.05, 3.63) is 93.3 Å². The number of carbonyl (C=O) groups is 1. The average Bonchev–Trinajstić information content (AvgIpc) is 3.39. The number of rotatable bonds is 6. The Morgan fingerprint density at radius 3 is 2.71 bits per heavy atom. The molecule has 0 saturated carbocycles. The molecule has 1 N–H and O–H groups in total. The fraction of sp³-hybridized carbons (Fsp3) is 0.185. The van der Waals surface area contributed by atoms with E-state index in [1.807, 2.05) is 12.1 Å². The molecule has 4 aromatic rings. The zero-order valence-corrected chi connectivity index (χ0v) is 21.4. The monoisotopic (exact) mass is 505 g/mol. The van der Waals surface area contributed by atoms with E-state index in [0.29, 0.717) is 16.6 Å². The molecular formula is C27H24ClN3OS2. The van der Waals surface area contributed by atoms with Gasteiger partial charge in [0.1, 0.15) is 0 Å². The van der Waals surface area contributed by atoms with Gasteiger partial charge in [-0.2, -0.15) is 0 Å². The number of fused-ring (bicyclic) bond motifs is 1. The Morgan fingerprint density at radius 2 is 1.91 bits per heavy atom. The van der Waals surface area contributed by atoms with Crippen molar-refractivity contribution in [1.82, 2.24) is 4.98 Å². The topological polar surface area (TPSA) is 45.2 Å². The molecular weight excluding hydrogens is 482 g/mol. The lowest BCUT2D eigenvalue weighted by Gasteiger charge is -2.19. The highest BCUT2D eigenvalue weighted by Gasteiger charge is 2.22. The average molecular weight is 506 g/mol. The first-order valence-corrected chi connectivity index (χ1v) is 13.1. The van der Waals surface area contributed by atoms with Gasteiger partial charge < -0.3 is 9.62 Å². The molecule has 172 valence electrons. The Bertz CT molecular complexity index is 1350. The number of hydrogen-bond acceptors (Lipinski definition) is 5. The summed E-state index contributed by atoms with van der Waals surface area (Å²) < 4.78 is 2.37. The lowest BCUT2D eigenvalue weighted by atomic mass is 10.1. The van der Waals surface area contributed by atoms with Crippen molar-refractivity contribution in [2.45, 2.75) is 31.6 Å². The molecule has 5 rings (SSSR count). The molecule has 0 radical (unpaired) electrons. The molecule has 0 aliphatic carbocycles. The van der Waals surface area contributed by atoms with Gasteiger partial charge in [-0.15, -0.1) is 11.3 Å². The number of aryl methyl sites for hydroxylation is 2. The minimum absolute atomic E-state index is 0.0829. The molecule has 0 unspecified atom stereocenters. The second-order valence-electron chi connectivity index (χ2n) is 8.33. The summed E-state index contributed by atoms with van der Waals surface area (Å²) in [5, 5.41) is 4.24. The summed E-state index contributed by atoms with van der Waals surface area (Å²) in [7, 11) is 0. The normalized spacial score (nSPS) is 12.6. The van der Waals surface area contributed by atoms with Crippen LogP contribution in [-0.4, -0.2) is 17.4 Å². The molecule has 1 aliphatic heterocycles. The maximum Gasteiger partial charge on any atom is 0.230 e. The number of nitrogens with zero attached hydrogens (tertiary/aromatic N) is 2. The smallest absolute Gasteiger partial charge is 0.230 e. The van der Waals surface area contributed by atoms with Gasteiger partial charge in [0, 0.05) is 26.9 Å². The maximum absolute atomic E-state index is 12.5. The zero-order chi connectivity index (χ0) is 23.7. The molecule has 0 saturated heterocycles. The summed E-state index contributed by atoms with van der Waals surface area (Å²) in [6.07, 6.45) is 1.30. The first-order valence-electron chi connectivity index (χ1n) is 11.1. The van der Waals surface area contributed by atoms with Crippen molar-refractivity contribution in [3.8, 4) is 11.3 Å². The third kappa shape index (κ3) is 4.99. The Kier molecular flexibility index (Phi) is 6.63. The molecule has 1 aromatic heterocycles. The zero-order valence-electron chi connectivity index (χ0n) is 19.0. The first-order chi connectivity index (χ1) is 16.5. The number of anilines is 2. The van der Waals surface area contributed by atoms with Crippen molar-refractivity contribution >= 4 is 51.6 Å². The minimum atomic E-state index is -0.0829. The predicted octanol–water partition coefficient (Wildman–Crippen LogP) is 7.33. The van der Waals surface area contributed by atoms with E-state index >= 15 is 0 Å². The van der Waals surface area contributed by atoms with Crippen LogP contribution in [0.25, 0.3) is 11.3 Å². The van der Waals surface area contributed by atoms with Gasteiger partial charge in [0.2, 0.25) is 5.91 Å². The summed E-state index contributed by atoms with van der Waals surface area (Å²) in [4.78, 5) is 19.6. The van der Waals surface area contributed by atoms with Gasteiger partial charge in [0.25, 0.3) is 0 Å². The second kappa shape index (κ2) is 9.82. The number of amides is 1. The Morgan fingerprint density at radius 1 is 1.12 bits per heavy atom. The molecule has 34 heavy (non-hydrogen) atoms. The molecule has 4 nitrogen and oxygen atoms in total. The number of halogens is 1. The van der Waals surface area contributed by atoms with Crippen molar-refractivity contribution in [2.75, 3.05) is 16.2 Å². The van der Waals surface area contributed by atoms with Crippen LogP contribution in [0.15, 0.2) is 71.6 Å². The lowest BCUT2D eigenvalue weighted by Crippen LogP contribution is -2.14. The minimum Gasteiger partial charge on any atom is -0.312 e. The van der Waals surface area contributed by atoms with E-state index in [1.54, 1.807) is 24.1 Å². The third-order valence-electron chi connectivity index (χ3n) is 5.83. The molecule has 1 amide bonds. The van der Waals surface area contributed by atoms with Crippen LogP contribution in [0.5, 0.6) is 0 Å². The summed E-state index contributed by atoms with van der Waals surface area (Å²) in [6, 6.07) is 22.4. The second-order valence-corrected chi connectivity index (χ2v) is 11.0. The number of carbonyl (C=O) groups excluding carboxylic acids is 1. The van der Waals surface area contributed by atoms with E-state index in [-0.39, 0.29) is 5.91 Å². The highest BCUT2D eigenvalue weighted by molar-refractivity contribution is 8.00. The Labute approximate surface area is 213 Å². The molecule has 0 bridgehead atoms. The van der Waals surface area contributed by atoms with Crippen LogP contribution in [-0.2, 0) is 17.6 Å². The van der Waals surface area contributed by atoms with E-state index in [0.717, 1.165) is 34.7 Å². The molecule has 0 atom stereocenters. The molecule has 2 heterocycles. The summed E-state index contributed by atoms with van der Waals surface area (Å²) in [5.74, 6) is -0.0829. The molecule has 3 aromatic carbocycles. The van der Waals surface area contributed by atoms with Crippen molar-refractivity contribution in [3.63, 3.8) is 0 Å². The number of aromatic nitrogens is 1. The fourth-order valence-electron chi connectivity index (χ4n) is 4.06. The van der Waals surface area contributed by atoms with Gasteiger partial charge in [0.05, 0.1) is 17.8 Å². The number of hydrogen-bond donors (Lipinski definition) is 1. The molecule has 1 aliphatic rings. The maximum atomic E-state index is 12.5. The molecule has 0 spiro atoms. The largest absolute Gasteiger partial charge is 0.312 e. The first kappa shape index (κ1) is 23.0.